The topological polar surface area (TPSA) is 16.1 Å². The number of rotatable bonds is 5. The molecule has 0 saturated carbocycles. The molecule has 53 heavy (non-hydrogen) atoms. The molecule has 11 rings (SSSR count). The van der Waals surface area contributed by atoms with Gasteiger partial charge in [-0.25, -0.2) is 4.98 Å². The van der Waals surface area contributed by atoms with E-state index in [0.717, 1.165) is 27.6 Å². The zero-order valence-corrected chi connectivity index (χ0v) is 30.3. The number of fused-ring (bicyclic) bond motifs is 8. The molecule has 2 aliphatic rings. The zero-order chi connectivity index (χ0) is 35.3. The molecule has 0 fully saturated rings. The highest BCUT2D eigenvalue weighted by Gasteiger charge is 2.37. The Bertz CT molecular complexity index is 2920. The average Bonchev–Trinajstić information content (AvgIpc) is 3.85. The van der Waals surface area contributed by atoms with E-state index in [1.165, 1.54) is 76.6 Å². The van der Waals surface area contributed by atoms with Crippen molar-refractivity contribution in [3.8, 4) is 54.5 Å². The number of benzene rings is 8. The number of nitrogens with zero attached hydrogens (tertiary/aromatic N) is 2. The maximum atomic E-state index is 5.50. The summed E-state index contributed by atoms with van der Waals surface area (Å²) < 4.78 is 0. The molecule has 0 aliphatic heterocycles. The molecule has 3 heteroatoms. The van der Waals surface area contributed by atoms with E-state index >= 15 is 0 Å². The fraction of sp³-hybridized carbons (Fsp3) is 0.0600. The fourth-order valence-corrected chi connectivity index (χ4v) is 10.1. The molecule has 0 unspecified atom stereocenters. The van der Waals surface area contributed by atoms with Gasteiger partial charge in [-0.1, -0.05) is 159 Å². The second-order valence-electron chi connectivity index (χ2n) is 14.7. The van der Waals surface area contributed by atoms with Crippen molar-refractivity contribution >= 4 is 49.9 Å². The van der Waals surface area contributed by atoms with E-state index in [0.29, 0.717) is 0 Å². The SMILES string of the molecule is CC1(C)c2ccccc2-c2ccc(N(c3cccc(-c4ccccc4)c3)c3c4c5c(cccc5c5ccccc35)-c3sc(-c5ccccc5)nc3-4)cc21. The van der Waals surface area contributed by atoms with Crippen LogP contribution >= 0.6 is 11.3 Å². The van der Waals surface area contributed by atoms with Crippen LogP contribution in [0.4, 0.5) is 17.1 Å². The van der Waals surface area contributed by atoms with Crippen LogP contribution < -0.4 is 4.90 Å². The summed E-state index contributed by atoms with van der Waals surface area (Å²) in [5.74, 6) is 0. The van der Waals surface area contributed by atoms with Gasteiger partial charge in [0, 0.05) is 44.3 Å². The van der Waals surface area contributed by atoms with E-state index in [1.54, 1.807) is 11.3 Å². The second-order valence-corrected chi connectivity index (χ2v) is 15.7. The lowest BCUT2D eigenvalue weighted by atomic mass is 9.82. The quantitative estimate of drug-likeness (QED) is 0.167. The van der Waals surface area contributed by atoms with Gasteiger partial charge in [0.05, 0.1) is 16.3 Å². The van der Waals surface area contributed by atoms with Crippen LogP contribution in [0.25, 0.3) is 76.1 Å². The third kappa shape index (κ3) is 4.41. The van der Waals surface area contributed by atoms with Crippen LogP contribution in [0, 0.1) is 0 Å². The minimum absolute atomic E-state index is 0.137. The maximum Gasteiger partial charge on any atom is 0.124 e. The summed E-state index contributed by atoms with van der Waals surface area (Å²) in [6, 6.07) is 62.1. The molecule has 0 saturated heterocycles. The standard InChI is InChI=1S/C50H34N2S/c1-50(2)42-26-12-11-22-37(42)38-28-27-35(30-43(38)50)52(34-20-13-19-33(29-34)31-15-5-3-6-16-31)47-40-23-10-9-21-36(40)39-24-14-25-41-44(39)45(47)46-48(41)53-49(51-46)32-17-7-4-8-18-32/h3-30H,1-2H3. The highest BCUT2D eigenvalue weighted by Crippen LogP contribution is 2.59. The van der Waals surface area contributed by atoms with Gasteiger partial charge in [-0.15, -0.1) is 11.3 Å². The van der Waals surface area contributed by atoms with Gasteiger partial charge >= 0.3 is 0 Å². The van der Waals surface area contributed by atoms with Gasteiger partial charge in [-0.05, 0) is 68.4 Å². The van der Waals surface area contributed by atoms with Crippen LogP contribution in [-0.4, -0.2) is 4.98 Å². The first-order valence-electron chi connectivity index (χ1n) is 18.3. The van der Waals surface area contributed by atoms with Gasteiger partial charge in [0.1, 0.15) is 5.01 Å². The normalized spacial score (nSPS) is 13.2. The number of aromatic nitrogens is 1. The Kier molecular flexibility index (Phi) is 6.50. The minimum atomic E-state index is -0.137. The summed E-state index contributed by atoms with van der Waals surface area (Å²) in [5.41, 5.74) is 15.7. The van der Waals surface area contributed by atoms with Gasteiger partial charge in [0.2, 0.25) is 0 Å². The van der Waals surface area contributed by atoms with Gasteiger partial charge in [0.15, 0.2) is 0 Å². The lowest BCUT2D eigenvalue weighted by Gasteiger charge is -2.31. The third-order valence-electron chi connectivity index (χ3n) is 11.4. The van der Waals surface area contributed by atoms with Crippen molar-refractivity contribution in [1.82, 2.24) is 4.98 Å². The minimum Gasteiger partial charge on any atom is -0.309 e. The van der Waals surface area contributed by atoms with Crippen LogP contribution in [0.2, 0.25) is 0 Å². The van der Waals surface area contributed by atoms with Crippen molar-refractivity contribution in [2.75, 3.05) is 4.90 Å². The van der Waals surface area contributed by atoms with Gasteiger partial charge in [-0.3, -0.25) is 0 Å². The molecule has 0 radical (unpaired) electrons. The Morgan fingerprint density at radius 2 is 1.11 bits per heavy atom. The van der Waals surface area contributed by atoms with Gasteiger partial charge in [-0.2, -0.15) is 0 Å². The molecule has 1 aromatic heterocycles. The van der Waals surface area contributed by atoms with Crippen molar-refractivity contribution in [2.45, 2.75) is 19.3 Å². The van der Waals surface area contributed by atoms with E-state index in [-0.39, 0.29) is 5.41 Å². The largest absolute Gasteiger partial charge is 0.309 e. The van der Waals surface area contributed by atoms with E-state index in [9.17, 15) is 0 Å². The predicted octanol–water partition coefficient (Wildman–Crippen LogP) is 14.2. The van der Waals surface area contributed by atoms with Crippen LogP contribution in [0.3, 0.4) is 0 Å². The Labute approximate surface area is 313 Å². The van der Waals surface area contributed by atoms with Crippen molar-refractivity contribution in [3.05, 3.63) is 181 Å². The number of anilines is 3. The summed E-state index contributed by atoms with van der Waals surface area (Å²) >= 11 is 1.80. The van der Waals surface area contributed by atoms with Crippen LogP contribution in [-0.2, 0) is 5.41 Å². The Morgan fingerprint density at radius 1 is 0.491 bits per heavy atom. The zero-order valence-electron chi connectivity index (χ0n) is 29.5. The maximum absolute atomic E-state index is 5.50. The first-order valence-corrected chi connectivity index (χ1v) is 19.1. The van der Waals surface area contributed by atoms with E-state index in [2.05, 4.69) is 189 Å². The van der Waals surface area contributed by atoms with Gasteiger partial charge in [0.25, 0.3) is 0 Å². The molecule has 9 aromatic rings. The first-order chi connectivity index (χ1) is 26.1. The third-order valence-corrected chi connectivity index (χ3v) is 12.6. The van der Waals surface area contributed by atoms with Crippen molar-refractivity contribution in [2.24, 2.45) is 0 Å². The number of hydrogen-bond donors (Lipinski definition) is 0. The molecule has 0 spiro atoms. The Hall–Kier alpha value is -6.29. The van der Waals surface area contributed by atoms with Crippen LogP contribution in [0.1, 0.15) is 25.0 Å². The van der Waals surface area contributed by atoms with Crippen molar-refractivity contribution in [1.29, 1.82) is 0 Å². The summed E-state index contributed by atoms with van der Waals surface area (Å²) in [7, 11) is 0. The lowest BCUT2D eigenvalue weighted by Crippen LogP contribution is -2.17. The monoisotopic (exact) mass is 694 g/mol. The van der Waals surface area contributed by atoms with Crippen LogP contribution in [0.5, 0.6) is 0 Å². The second kappa shape index (κ2) is 11.4. The Balaban J connectivity index is 1.24. The number of hydrogen-bond acceptors (Lipinski definition) is 3. The number of thiazole rings is 1. The summed E-state index contributed by atoms with van der Waals surface area (Å²) in [6.45, 7) is 4.73. The van der Waals surface area contributed by atoms with Crippen molar-refractivity contribution < 1.29 is 0 Å². The molecule has 0 N–H and O–H groups in total. The van der Waals surface area contributed by atoms with E-state index < -0.39 is 0 Å². The molecule has 0 bridgehead atoms. The molecular formula is C50H34N2S. The molecule has 2 nitrogen and oxygen atoms in total. The molecule has 0 amide bonds. The van der Waals surface area contributed by atoms with Crippen LogP contribution in [0.15, 0.2) is 170 Å². The van der Waals surface area contributed by atoms with Crippen molar-refractivity contribution in [3.63, 3.8) is 0 Å². The van der Waals surface area contributed by atoms with Gasteiger partial charge < -0.3 is 4.90 Å². The molecule has 8 aromatic carbocycles. The molecule has 250 valence electrons. The summed E-state index contributed by atoms with van der Waals surface area (Å²) in [6.07, 6.45) is 0. The molecule has 2 aliphatic carbocycles. The first kappa shape index (κ1) is 30.3. The fourth-order valence-electron chi connectivity index (χ4n) is 8.95. The lowest BCUT2D eigenvalue weighted by molar-refractivity contribution is 0.660. The Morgan fingerprint density at radius 3 is 1.94 bits per heavy atom. The molecular weight excluding hydrogens is 661 g/mol. The molecule has 0 atom stereocenters. The summed E-state index contributed by atoms with van der Waals surface area (Å²) in [5, 5.41) is 6.06. The average molecular weight is 695 g/mol. The smallest absolute Gasteiger partial charge is 0.124 e. The summed E-state index contributed by atoms with van der Waals surface area (Å²) in [4.78, 5) is 9.27. The van der Waals surface area contributed by atoms with E-state index in [1.807, 2.05) is 0 Å². The predicted molar refractivity (Wildman–Crippen MR) is 225 cm³/mol. The highest BCUT2D eigenvalue weighted by atomic mass is 32.1. The molecule has 1 heterocycles. The van der Waals surface area contributed by atoms with E-state index in [4.69, 9.17) is 4.98 Å². The highest BCUT2D eigenvalue weighted by molar-refractivity contribution is 7.19.